The van der Waals surface area contributed by atoms with Crippen molar-refractivity contribution in [1.29, 1.82) is 0 Å². The maximum absolute atomic E-state index is 14.5. The molecule has 0 unspecified atom stereocenters. The Bertz CT molecular complexity index is 1400. The molecular weight excluding hydrogens is 468 g/mol. The summed E-state index contributed by atoms with van der Waals surface area (Å²) < 4.78 is 35.3. The molecule has 0 spiro atoms. The zero-order valence-corrected chi connectivity index (χ0v) is 19.9. The highest BCUT2D eigenvalue weighted by Crippen LogP contribution is 2.69. The molecule has 1 aromatic carbocycles. The van der Waals surface area contributed by atoms with E-state index in [1.807, 2.05) is 0 Å². The number of rotatable bonds is 3. The Morgan fingerprint density at radius 1 is 1.22 bits per heavy atom. The van der Waals surface area contributed by atoms with Crippen LogP contribution in [0.4, 0.5) is 8.78 Å². The van der Waals surface area contributed by atoms with Crippen molar-refractivity contribution >= 4 is 5.91 Å². The summed E-state index contributed by atoms with van der Waals surface area (Å²) in [5, 5.41) is 8.83. The molecule has 1 N–H and O–H groups in total. The van der Waals surface area contributed by atoms with Crippen LogP contribution in [0.2, 0.25) is 0 Å². The summed E-state index contributed by atoms with van der Waals surface area (Å²) in [6, 6.07) is 5.52. The standard InChI is InChI=1S/C26H25F2N5O3/c1-25(2)15-6-7-26(25,20-13-33(8-9-36-20)24(35)19-11-30-21(34)12-29-19)23-14(15)10-18(31-32-23)22-16(27)4-3-5-17(22)28/h3-5,10-12,15,20H,6-9,13H2,1-2H3,(H,30,34)/t15-,20-,26-/m0/s1. The number of benzene rings is 1. The molecule has 2 aliphatic carbocycles. The lowest BCUT2D eigenvalue weighted by Crippen LogP contribution is -2.57. The van der Waals surface area contributed by atoms with Crippen LogP contribution in [0.1, 0.15) is 54.4 Å². The highest BCUT2D eigenvalue weighted by Gasteiger charge is 2.67. The van der Waals surface area contributed by atoms with Gasteiger partial charge in [0.1, 0.15) is 17.3 Å². The largest absolute Gasteiger partial charge is 0.374 e. The van der Waals surface area contributed by atoms with E-state index >= 15 is 0 Å². The molecule has 1 saturated carbocycles. The number of halogens is 2. The number of ether oxygens (including phenoxy) is 1. The first-order valence-corrected chi connectivity index (χ1v) is 12.0. The second-order valence-electron chi connectivity index (χ2n) is 10.3. The molecule has 8 nitrogen and oxygen atoms in total. The fourth-order valence-electron chi connectivity index (χ4n) is 6.70. The first-order chi connectivity index (χ1) is 17.2. The maximum atomic E-state index is 14.5. The fraction of sp³-hybridized carbons (Fsp3) is 0.423. The Morgan fingerprint density at radius 3 is 2.72 bits per heavy atom. The van der Waals surface area contributed by atoms with Gasteiger partial charge in [-0.05, 0) is 47.9 Å². The van der Waals surface area contributed by atoms with Gasteiger partial charge in [-0.15, -0.1) is 0 Å². The highest BCUT2D eigenvalue weighted by molar-refractivity contribution is 5.92. The van der Waals surface area contributed by atoms with Crippen LogP contribution < -0.4 is 5.56 Å². The number of aromatic nitrogens is 4. The minimum atomic E-state index is -0.679. The van der Waals surface area contributed by atoms with Gasteiger partial charge >= 0.3 is 0 Å². The molecule has 10 heteroatoms. The molecule has 0 radical (unpaired) electrons. The van der Waals surface area contributed by atoms with Crippen LogP contribution in [-0.2, 0) is 10.2 Å². The topological polar surface area (TPSA) is 101 Å². The van der Waals surface area contributed by atoms with Gasteiger partial charge in [0.05, 0.1) is 35.9 Å². The lowest BCUT2D eigenvalue weighted by Gasteiger charge is -2.47. The fourth-order valence-corrected chi connectivity index (χ4v) is 6.70. The van der Waals surface area contributed by atoms with Crippen molar-refractivity contribution in [3.8, 4) is 11.3 Å². The summed E-state index contributed by atoms with van der Waals surface area (Å²) in [6.45, 7) is 5.43. The average molecular weight is 494 g/mol. The smallest absolute Gasteiger partial charge is 0.274 e. The molecule has 1 amide bonds. The summed E-state index contributed by atoms with van der Waals surface area (Å²) in [4.78, 5) is 32.7. The van der Waals surface area contributed by atoms with Crippen LogP contribution in [0.3, 0.4) is 0 Å². The van der Waals surface area contributed by atoms with Gasteiger partial charge in [-0.1, -0.05) is 19.9 Å². The third-order valence-corrected chi connectivity index (χ3v) is 8.48. The van der Waals surface area contributed by atoms with E-state index in [1.165, 1.54) is 24.4 Å². The molecular formula is C26H25F2N5O3. The van der Waals surface area contributed by atoms with E-state index in [0.29, 0.717) is 19.7 Å². The first-order valence-electron chi connectivity index (χ1n) is 12.0. The molecule has 3 aliphatic rings. The first kappa shape index (κ1) is 22.9. The molecule has 2 aromatic heterocycles. The Morgan fingerprint density at radius 2 is 2.00 bits per heavy atom. The number of morpholine rings is 1. The molecule has 1 saturated heterocycles. The second kappa shape index (κ2) is 7.99. The summed E-state index contributed by atoms with van der Waals surface area (Å²) in [5.41, 5.74) is 0.723. The predicted octanol–water partition coefficient (Wildman–Crippen LogP) is 3.20. The van der Waals surface area contributed by atoms with Crippen molar-refractivity contribution in [2.75, 3.05) is 19.7 Å². The van der Waals surface area contributed by atoms with E-state index in [4.69, 9.17) is 4.74 Å². The molecule has 3 aromatic rings. The third kappa shape index (κ3) is 3.09. The molecule has 36 heavy (non-hydrogen) atoms. The molecule has 2 bridgehead atoms. The zero-order valence-electron chi connectivity index (χ0n) is 19.9. The van der Waals surface area contributed by atoms with Crippen LogP contribution >= 0.6 is 0 Å². The maximum Gasteiger partial charge on any atom is 0.274 e. The Labute approximate surface area is 205 Å². The van der Waals surface area contributed by atoms with Gasteiger partial charge in [0.15, 0.2) is 0 Å². The van der Waals surface area contributed by atoms with Crippen LogP contribution in [0.15, 0.2) is 41.5 Å². The Balaban J connectivity index is 1.38. The van der Waals surface area contributed by atoms with Crippen molar-refractivity contribution in [2.45, 2.75) is 44.1 Å². The van der Waals surface area contributed by atoms with E-state index in [1.54, 1.807) is 11.0 Å². The molecule has 186 valence electrons. The summed E-state index contributed by atoms with van der Waals surface area (Å²) in [6.07, 6.45) is 3.75. The van der Waals surface area contributed by atoms with E-state index in [0.717, 1.165) is 30.3 Å². The third-order valence-electron chi connectivity index (χ3n) is 8.48. The van der Waals surface area contributed by atoms with Crippen molar-refractivity contribution < 1.29 is 18.3 Å². The number of H-pyrrole nitrogens is 1. The minimum Gasteiger partial charge on any atom is -0.374 e. The number of hydrogen-bond donors (Lipinski definition) is 1. The highest BCUT2D eigenvalue weighted by atomic mass is 19.1. The number of carbonyl (C=O) groups excluding carboxylic acids is 1. The summed E-state index contributed by atoms with van der Waals surface area (Å²) >= 11 is 0. The van der Waals surface area contributed by atoms with Crippen molar-refractivity contribution in [2.24, 2.45) is 5.41 Å². The number of fused-ring (bicyclic) bond motifs is 5. The number of nitrogens with zero attached hydrogens (tertiary/aromatic N) is 4. The monoisotopic (exact) mass is 493 g/mol. The van der Waals surface area contributed by atoms with Gasteiger partial charge in [-0.3, -0.25) is 9.59 Å². The number of carbonyl (C=O) groups is 1. The lowest BCUT2D eigenvalue weighted by molar-refractivity contribution is -0.0842. The SMILES string of the molecule is CC1(C)[C@H]2CC[C@]1([C@@H]1CN(C(=O)c3c[nH]c(=O)cn3)CCO1)c1nnc(-c3c(F)cccc3F)cc12. The molecule has 3 heterocycles. The Kier molecular flexibility index (Phi) is 5.08. The molecule has 1 aliphatic heterocycles. The van der Waals surface area contributed by atoms with E-state index < -0.39 is 17.0 Å². The average Bonchev–Trinajstić information content (AvgIpc) is 3.25. The van der Waals surface area contributed by atoms with Crippen LogP contribution in [-0.4, -0.2) is 56.8 Å². The van der Waals surface area contributed by atoms with Crippen molar-refractivity contribution in [3.63, 3.8) is 0 Å². The quantitative estimate of drug-likeness (QED) is 0.602. The van der Waals surface area contributed by atoms with Crippen molar-refractivity contribution in [3.05, 3.63) is 75.6 Å². The van der Waals surface area contributed by atoms with E-state index in [-0.39, 0.29) is 45.9 Å². The van der Waals surface area contributed by atoms with Gasteiger partial charge in [0.2, 0.25) is 0 Å². The van der Waals surface area contributed by atoms with Gasteiger partial charge in [0, 0.05) is 24.7 Å². The summed E-state index contributed by atoms with van der Waals surface area (Å²) in [7, 11) is 0. The van der Waals surface area contributed by atoms with Crippen LogP contribution in [0.25, 0.3) is 11.3 Å². The summed E-state index contributed by atoms with van der Waals surface area (Å²) in [5.74, 6) is -1.52. The van der Waals surface area contributed by atoms with Crippen molar-refractivity contribution in [1.82, 2.24) is 25.1 Å². The normalized spacial score (nSPS) is 26.2. The second-order valence-corrected chi connectivity index (χ2v) is 10.3. The van der Waals surface area contributed by atoms with Gasteiger partial charge in [0.25, 0.3) is 11.5 Å². The molecule has 2 fully saturated rings. The predicted molar refractivity (Wildman–Crippen MR) is 125 cm³/mol. The number of hydrogen-bond acceptors (Lipinski definition) is 6. The lowest BCUT2D eigenvalue weighted by atomic mass is 9.64. The van der Waals surface area contributed by atoms with Gasteiger partial charge < -0.3 is 14.6 Å². The van der Waals surface area contributed by atoms with E-state index in [2.05, 4.69) is 34.0 Å². The van der Waals surface area contributed by atoms with Crippen LogP contribution in [0, 0.1) is 17.0 Å². The molecule has 3 atom stereocenters. The van der Waals surface area contributed by atoms with Gasteiger partial charge in [-0.25, -0.2) is 13.8 Å². The van der Waals surface area contributed by atoms with Crippen LogP contribution in [0.5, 0.6) is 0 Å². The Hall–Kier alpha value is -3.53. The van der Waals surface area contributed by atoms with Gasteiger partial charge in [-0.2, -0.15) is 10.2 Å². The number of nitrogens with one attached hydrogen (secondary N) is 1. The number of aromatic amines is 1. The van der Waals surface area contributed by atoms with E-state index in [9.17, 15) is 18.4 Å². The zero-order chi connectivity index (χ0) is 25.2. The minimum absolute atomic E-state index is 0.118. The molecule has 6 rings (SSSR count). The number of amides is 1.